The molecule has 14 heteroatoms. The lowest BCUT2D eigenvalue weighted by Crippen LogP contribution is -2.23. The van der Waals surface area contributed by atoms with E-state index in [1.54, 1.807) is 60.9 Å². The Labute approximate surface area is 282 Å². The molecule has 260 valence electrons. The summed E-state index contributed by atoms with van der Waals surface area (Å²) in [5, 5.41) is 2.78. The summed E-state index contributed by atoms with van der Waals surface area (Å²) >= 11 is 0. The third kappa shape index (κ3) is 16.4. The number of nitrogens with two attached hydrogens (primary N) is 1. The Bertz CT molecular complexity index is 1480. The summed E-state index contributed by atoms with van der Waals surface area (Å²) in [5.74, 6) is 5.59. The number of carbonyl (C=O) groups is 1. The van der Waals surface area contributed by atoms with Crippen LogP contribution in [0.5, 0.6) is 0 Å². The first-order chi connectivity index (χ1) is 23.5. The summed E-state index contributed by atoms with van der Waals surface area (Å²) < 4.78 is 60.5. The molecular formula is C34H44N4O9S. The molecule has 1 heterocycles. The molecule has 0 spiro atoms. The lowest BCUT2D eigenvalue weighted by atomic mass is 10.1. The maximum atomic E-state index is 12.8. The lowest BCUT2D eigenvalue weighted by molar-refractivity contribution is -0.0151. The Balaban J connectivity index is 1.21. The quantitative estimate of drug-likeness (QED) is 0.0935. The van der Waals surface area contributed by atoms with E-state index in [4.69, 9.17) is 34.2 Å². The number of rotatable bonds is 24. The number of ether oxygens (including phenoxy) is 6. The average molecular weight is 685 g/mol. The van der Waals surface area contributed by atoms with Crippen LogP contribution in [-0.4, -0.2) is 105 Å². The van der Waals surface area contributed by atoms with Gasteiger partial charge >= 0.3 is 0 Å². The number of benzene rings is 2. The van der Waals surface area contributed by atoms with E-state index in [1.807, 2.05) is 0 Å². The Kier molecular flexibility index (Phi) is 19.0. The van der Waals surface area contributed by atoms with E-state index < -0.39 is 10.0 Å². The van der Waals surface area contributed by atoms with Crippen LogP contribution in [0.2, 0.25) is 0 Å². The second-order valence-corrected chi connectivity index (χ2v) is 11.7. The number of hydrogen-bond donors (Lipinski definition) is 3. The van der Waals surface area contributed by atoms with Crippen molar-refractivity contribution in [2.24, 2.45) is 5.73 Å². The minimum atomic E-state index is -3.75. The highest BCUT2D eigenvalue weighted by Gasteiger charge is 2.14. The van der Waals surface area contributed by atoms with Gasteiger partial charge in [-0.25, -0.2) is 13.1 Å². The molecule has 4 N–H and O–H groups in total. The zero-order chi connectivity index (χ0) is 34.1. The van der Waals surface area contributed by atoms with E-state index in [-0.39, 0.29) is 24.0 Å². The summed E-state index contributed by atoms with van der Waals surface area (Å²) in [6.07, 6.45) is 3.17. The van der Waals surface area contributed by atoms with E-state index in [2.05, 4.69) is 26.9 Å². The average Bonchev–Trinajstić information content (AvgIpc) is 3.11. The van der Waals surface area contributed by atoms with Crippen molar-refractivity contribution in [3.8, 4) is 11.8 Å². The maximum Gasteiger partial charge on any atom is 0.255 e. The van der Waals surface area contributed by atoms with Crippen LogP contribution in [0.15, 0.2) is 78.0 Å². The van der Waals surface area contributed by atoms with Crippen LogP contribution in [0.4, 0.5) is 5.69 Å². The van der Waals surface area contributed by atoms with Crippen LogP contribution in [0.1, 0.15) is 21.5 Å². The molecule has 0 aliphatic rings. The molecule has 0 aliphatic carbocycles. The molecule has 1 amide bonds. The smallest absolute Gasteiger partial charge is 0.255 e. The van der Waals surface area contributed by atoms with Crippen LogP contribution >= 0.6 is 0 Å². The van der Waals surface area contributed by atoms with Gasteiger partial charge in [0.15, 0.2) is 0 Å². The van der Waals surface area contributed by atoms with Gasteiger partial charge in [-0.05, 0) is 54.1 Å². The normalized spacial score (nSPS) is 11.2. The molecule has 0 bridgehead atoms. The molecule has 2 aromatic carbocycles. The molecule has 0 aliphatic heterocycles. The fraction of sp³-hybridized carbons (Fsp3) is 0.412. The van der Waals surface area contributed by atoms with Crippen molar-refractivity contribution in [2.75, 3.05) is 91.1 Å². The van der Waals surface area contributed by atoms with Gasteiger partial charge in [-0.2, -0.15) is 0 Å². The van der Waals surface area contributed by atoms with E-state index in [0.717, 1.165) is 0 Å². The highest BCUT2D eigenvalue weighted by atomic mass is 32.2. The number of nitrogens with one attached hydrogen (secondary N) is 2. The maximum absolute atomic E-state index is 12.8. The van der Waals surface area contributed by atoms with Crippen LogP contribution in [0.25, 0.3) is 0 Å². The number of nitrogens with zero attached hydrogens (tertiary/aromatic N) is 1. The van der Waals surface area contributed by atoms with Crippen molar-refractivity contribution in [1.29, 1.82) is 0 Å². The summed E-state index contributed by atoms with van der Waals surface area (Å²) in [5.41, 5.74) is 7.79. The van der Waals surface area contributed by atoms with Gasteiger partial charge in [-0.3, -0.25) is 9.78 Å². The summed E-state index contributed by atoms with van der Waals surface area (Å²) in [6.45, 7) is 6.06. The number of anilines is 1. The molecule has 48 heavy (non-hydrogen) atoms. The first-order valence-corrected chi connectivity index (χ1v) is 17.0. The second-order valence-electron chi connectivity index (χ2n) is 9.94. The molecule has 1 aromatic heterocycles. The van der Waals surface area contributed by atoms with Crippen LogP contribution in [0, 0.1) is 11.8 Å². The minimum absolute atomic E-state index is 0.0728. The molecule has 0 radical (unpaired) electrons. The van der Waals surface area contributed by atoms with Crippen molar-refractivity contribution in [2.45, 2.75) is 11.4 Å². The van der Waals surface area contributed by atoms with Gasteiger partial charge in [0, 0.05) is 42.3 Å². The first-order valence-electron chi connectivity index (χ1n) is 15.5. The van der Waals surface area contributed by atoms with E-state index in [1.165, 1.54) is 12.1 Å². The van der Waals surface area contributed by atoms with Gasteiger partial charge in [0.1, 0.15) is 6.61 Å². The highest BCUT2D eigenvalue weighted by Crippen LogP contribution is 2.13. The highest BCUT2D eigenvalue weighted by molar-refractivity contribution is 7.89. The zero-order valence-corrected chi connectivity index (χ0v) is 27.8. The van der Waals surface area contributed by atoms with Gasteiger partial charge in [0.25, 0.3) is 5.91 Å². The summed E-state index contributed by atoms with van der Waals surface area (Å²) in [4.78, 5) is 16.4. The van der Waals surface area contributed by atoms with Crippen LogP contribution in [-0.2, 0) is 45.0 Å². The Morgan fingerprint density at radius 2 is 1.21 bits per heavy atom. The number of aromatic nitrogens is 1. The monoisotopic (exact) mass is 684 g/mol. The first kappa shape index (κ1) is 38.7. The Morgan fingerprint density at radius 3 is 1.75 bits per heavy atom. The van der Waals surface area contributed by atoms with Crippen LogP contribution in [0.3, 0.4) is 0 Å². The number of hydrogen-bond acceptors (Lipinski definition) is 11. The fourth-order valence-electron chi connectivity index (χ4n) is 3.84. The van der Waals surface area contributed by atoms with E-state index in [9.17, 15) is 13.2 Å². The third-order valence-corrected chi connectivity index (χ3v) is 7.73. The number of sulfonamides is 1. The Morgan fingerprint density at radius 1 is 0.688 bits per heavy atom. The molecule has 0 fully saturated rings. The molecule has 0 saturated carbocycles. The van der Waals surface area contributed by atoms with E-state index in [0.29, 0.717) is 102 Å². The molecule has 0 atom stereocenters. The standard InChI is InChI=1S/C34H44N4O9S/c35-13-17-43-19-21-45-23-25-47-27-26-46-24-22-44-20-18-42-16-1-2-29-5-9-33(10-6-29)48(40,41)37-28-30-3-7-31(8-4-30)34(39)38-32-11-14-36-15-12-32/h3-12,14-15,37H,13,16-28,35H2,(H,36,38,39). The van der Waals surface area contributed by atoms with Gasteiger partial charge < -0.3 is 39.5 Å². The molecule has 3 rings (SSSR count). The third-order valence-electron chi connectivity index (χ3n) is 6.31. The lowest BCUT2D eigenvalue weighted by Gasteiger charge is -2.08. The van der Waals surface area contributed by atoms with Gasteiger partial charge in [0.2, 0.25) is 10.0 Å². The predicted molar refractivity (Wildman–Crippen MR) is 180 cm³/mol. The molecule has 3 aromatic rings. The van der Waals surface area contributed by atoms with Gasteiger partial charge in [0.05, 0.1) is 77.6 Å². The number of amides is 1. The minimum Gasteiger partial charge on any atom is -0.378 e. The van der Waals surface area contributed by atoms with Crippen molar-refractivity contribution in [3.63, 3.8) is 0 Å². The Hall–Kier alpha value is -3.75. The van der Waals surface area contributed by atoms with Crippen molar-refractivity contribution in [1.82, 2.24) is 9.71 Å². The van der Waals surface area contributed by atoms with Crippen molar-refractivity contribution >= 4 is 21.6 Å². The van der Waals surface area contributed by atoms with E-state index >= 15 is 0 Å². The van der Waals surface area contributed by atoms with Crippen molar-refractivity contribution in [3.05, 3.63) is 89.7 Å². The SMILES string of the molecule is NCCOCCOCCOCCOCCOCCOCC#Cc1ccc(S(=O)(=O)NCc2ccc(C(=O)Nc3ccncc3)cc2)cc1. The fourth-order valence-corrected chi connectivity index (χ4v) is 4.85. The molecule has 0 saturated heterocycles. The van der Waals surface area contributed by atoms with Crippen LogP contribution < -0.4 is 15.8 Å². The summed E-state index contributed by atoms with van der Waals surface area (Å²) in [7, 11) is -3.75. The zero-order valence-electron chi connectivity index (χ0n) is 26.9. The molecule has 13 nitrogen and oxygen atoms in total. The molecule has 0 unspecified atom stereocenters. The largest absolute Gasteiger partial charge is 0.378 e. The molecular weight excluding hydrogens is 640 g/mol. The van der Waals surface area contributed by atoms with Crippen molar-refractivity contribution < 1.29 is 41.6 Å². The van der Waals surface area contributed by atoms with Gasteiger partial charge in [-0.15, -0.1) is 0 Å². The van der Waals surface area contributed by atoms with Gasteiger partial charge in [-0.1, -0.05) is 24.0 Å². The number of pyridine rings is 1. The predicted octanol–water partition coefficient (Wildman–Crippen LogP) is 2.22. The topological polar surface area (TPSA) is 170 Å². The second kappa shape index (κ2) is 23.6. The number of carbonyl (C=O) groups excluding carboxylic acids is 1. The summed E-state index contributed by atoms with van der Waals surface area (Å²) in [6, 6.07) is 16.3.